The number of anilines is 1. The van der Waals surface area contributed by atoms with Crippen molar-refractivity contribution in [2.24, 2.45) is 5.92 Å². The average molecular weight is 228 g/mol. The van der Waals surface area contributed by atoms with Gasteiger partial charge in [0.15, 0.2) is 5.65 Å². The van der Waals surface area contributed by atoms with Crippen LogP contribution in [-0.4, -0.2) is 21.1 Å². The Morgan fingerprint density at radius 2 is 2.35 bits per heavy atom. The standard InChI is InChI=1S/C13H16N4/c1-2-10-8-17-13(16-12(10)14-5-1)11(7-15-17)6-9-3-4-9/h7-9H,1-6H2,(H,14,16). The predicted octanol–water partition coefficient (Wildman–Crippen LogP) is 2.04. The minimum absolute atomic E-state index is 0.883. The van der Waals surface area contributed by atoms with Crippen molar-refractivity contribution in [1.82, 2.24) is 14.6 Å². The van der Waals surface area contributed by atoms with Crippen LogP contribution in [0.3, 0.4) is 0 Å². The van der Waals surface area contributed by atoms with Crippen molar-refractivity contribution >= 4 is 11.5 Å². The first-order valence-electron chi connectivity index (χ1n) is 6.50. The van der Waals surface area contributed by atoms with E-state index in [1.165, 1.54) is 30.4 Å². The Hall–Kier alpha value is -1.58. The predicted molar refractivity (Wildman–Crippen MR) is 66.2 cm³/mol. The maximum atomic E-state index is 4.75. The summed E-state index contributed by atoms with van der Waals surface area (Å²) in [6.07, 6.45) is 10.3. The van der Waals surface area contributed by atoms with Crippen molar-refractivity contribution in [3.05, 3.63) is 23.5 Å². The topological polar surface area (TPSA) is 42.2 Å². The third-order valence-corrected chi connectivity index (χ3v) is 3.76. The Labute approximate surface area is 100 Å². The minimum Gasteiger partial charge on any atom is -0.370 e. The summed E-state index contributed by atoms with van der Waals surface area (Å²) in [5, 5.41) is 7.82. The Morgan fingerprint density at radius 1 is 1.41 bits per heavy atom. The van der Waals surface area contributed by atoms with E-state index in [-0.39, 0.29) is 0 Å². The summed E-state index contributed by atoms with van der Waals surface area (Å²) in [6, 6.07) is 0. The summed E-state index contributed by atoms with van der Waals surface area (Å²) >= 11 is 0. The summed E-state index contributed by atoms with van der Waals surface area (Å²) in [7, 11) is 0. The van der Waals surface area contributed by atoms with Crippen LogP contribution in [0.1, 0.15) is 30.4 Å². The van der Waals surface area contributed by atoms with E-state index in [1.54, 1.807) is 0 Å². The molecule has 2 aliphatic rings. The normalized spacial score (nSPS) is 19.1. The molecule has 17 heavy (non-hydrogen) atoms. The second kappa shape index (κ2) is 3.45. The lowest BCUT2D eigenvalue weighted by atomic mass is 10.1. The highest BCUT2D eigenvalue weighted by Gasteiger charge is 2.24. The molecule has 0 saturated heterocycles. The molecule has 0 radical (unpaired) electrons. The van der Waals surface area contributed by atoms with Gasteiger partial charge in [0.05, 0.1) is 6.20 Å². The Bertz CT molecular complexity index is 568. The molecule has 88 valence electrons. The molecule has 0 amide bonds. The summed E-state index contributed by atoms with van der Waals surface area (Å²) in [5.41, 5.74) is 3.65. The third kappa shape index (κ3) is 1.59. The van der Waals surface area contributed by atoms with Gasteiger partial charge in [0.1, 0.15) is 5.82 Å². The molecule has 1 saturated carbocycles. The van der Waals surface area contributed by atoms with Gasteiger partial charge in [0.2, 0.25) is 0 Å². The smallest absolute Gasteiger partial charge is 0.160 e. The van der Waals surface area contributed by atoms with E-state index in [0.717, 1.165) is 36.8 Å². The van der Waals surface area contributed by atoms with Crippen molar-refractivity contribution in [3.63, 3.8) is 0 Å². The zero-order valence-electron chi connectivity index (χ0n) is 9.82. The molecule has 0 aromatic carbocycles. The van der Waals surface area contributed by atoms with Crippen LogP contribution in [0, 0.1) is 5.92 Å². The number of fused-ring (bicyclic) bond motifs is 2. The number of nitrogens with zero attached hydrogens (tertiary/aromatic N) is 3. The second-order valence-corrected chi connectivity index (χ2v) is 5.23. The maximum absolute atomic E-state index is 4.75. The number of hydrogen-bond acceptors (Lipinski definition) is 3. The molecular weight excluding hydrogens is 212 g/mol. The van der Waals surface area contributed by atoms with Gasteiger partial charge >= 0.3 is 0 Å². The lowest BCUT2D eigenvalue weighted by molar-refractivity contribution is 0.793. The van der Waals surface area contributed by atoms with Gasteiger partial charge in [-0.2, -0.15) is 5.10 Å². The lowest BCUT2D eigenvalue weighted by Crippen LogP contribution is -2.14. The van der Waals surface area contributed by atoms with Crippen LogP contribution < -0.4 is 5.32 Å². The highest BCUT2D eigenvalue weighted by Crippen LogP contribution is 2.33. The van der Waals surface area contributed by atoms with E-state index in [9.17, 15) is 0 Å². The first kappa shape index (κ1) is 9.45. The number of aromatic nitrogens is 3. The van der Waals surface area contributed by atoms with Crippen molar-refractivity contribution in [2.75, 3.05) is 11.9 Å². The zero-order valence-corrected chi connectivity index (χ0v) is 9.82. The molecule has 4 rings (SSSR count). The molecule has 2 aromatic rings. The van der Waals surface area contributed by atoms with Gasteiger partial charge in [0, 0.05) is 23.9 Å². The molecule has 0 bridgehead atoms. The monoisotopic (exact) mass is 228 g/mol. The Balaban J connectivity index is 1.82. The van der Waals surface area contributed by atoms with Gasteiger partial charge in [-0.15, -0.1) is 0 Å². The summed E-state index contributed by atoms with van der Waals surface area (Å²) in [6.45, 7) is 1.04. The van der Waals surface area contributed by atoms with Crippen LogP contribution in [0.25, 0.3) is 5.65 Å². The van der Waals surface area contributed by atoms with Gasteiger partial charge in [-0.25, -0.2) is 9.50 Å². The quantitative estimate of drug-likeness (QED) is 0.855. The highest BCUT2D eigenvalue weighted by atomic mass is 15.3. The molecule has 4 heteroatoms. The van der Waals surface area contributed by atoms with Gasteiger partial charge < -0.3 is 5.32 Å². The molecule has 1 N–H and O–H groups in total. The Morgan fingerprint density at radius 3 is 3.24 bits per heavy atom. The molecular formula is C13H16N4. The first-order chi connectivity index (χ1) is 8.40. The van der Waals surface area contributed by atoms with Crippen molar-refractivity contribution in [1.29, 1.82) is 0 Å². The van der Waals surface area contributed by atoms with Gasteiger partial charge in [-0.05, 0) is 38.0 Å². The largest absolute Gasteiger partial charge is 0.370 e. The molecule has 0 spiro atoms. The van der Waals surface area contributed by atoms with E-state index in [0.29, 0.717) is 0 Å². The van der Waals surface area contributed by atoms with E-state index in [1.807, 2.05) is 10.7 Å². The third-order valence-electron chi connectivity index (χ3n) is 3.76. The number of rotatable bonds is 2. The molecule has 4 nitrogen and oxygen atoms in total. The molecule has 1 aliphatic heterocycles. The zero-order chi connectivity index (χ0) is 11.2. The summed E-state index contributed by atoms with van der Waals surface area (Å²) in [4.78, 5) is 4.75. The fraction of sp³-hybridized carbons (Fsp3) is 0.538. The van der Waals surface area contributed by atoms with Gasteiger partial charge in [-0.1, -0.05) is 0 Å². The first-order valence-corrected chi connectivity index (χ1v) is 6.50. The number of hydrogen-bond donors (Lipinski definition) is 1. The number of aryl methyl sites for hydroxylation is 1. The maximum Gasteiger partial charge on any atom is 0.160 e. The average Bonchev–Trinajstić information content (AvgIpc) is 3.09. The van der Waals surface area contributed by atoms with Crippen molar-refractivity contribution in [2.45, 2.75) is 32.1 Å². The lowest BCUT2D eigenvalue weighted by Gasteiger charge is -2.16. The van der Waals surface area contributed by atoms with Crippen LogP contribution in [0.5, 0.6) is 0 Å². The van der Waals surface area contributed by atoms with Crippen LogP contribution >= 0.6 is 0 Å². The number of nitrogens with one attached hydrogen (secondary N) is 1. The van der Waals surface area contributed by atoms with Crippen LogP contribution in [0.4, 0.5) is 5.82 Å². The van der Waals surface area contributed by atoms with E-state index in [2.05, 4.69) is 16.6 Å². The fourth-order valence-electron chi connectivity index (χ4n) is 2.59. The van der Waals surface area contributed by atoms with Crippen molar-refractivity contribution < 1.29 is 0 Å². The van der Waals surface area contributed by atoms with Crippen LogP contribution in [0.15, 0.2) is 12.4 Å². The Kier molecular flexibility index (Phi) is 1.92. The molecule has 2 aromatic heterocycles. The molecule has 0 atom stereocenters. The van der Waals surface area contributed by atoms with E-state index < -0.39 is 0 Å². The molecule has 3 heterocycles. The van der Waals surface area contributed by atoms with Gasteiger partial charge in [0.25, 0.3) is 0 Å². The molecule has 0 unspecified atom stereocenters. The summed E-state index contributed by atoms with van der Waals surface area (Å²) in [5.74, 6) is 1.95. The molecule has 1 aliphatic carbocycles. The SMILES string of the molecule is c1nn2cc3c(nc2c1CC1CC1)NCCC3. The van der Waals surface area contributed by atoms with E-state index in [4.69, 9.17) is 4.98 Å². The summed E-state index contributed by atoms with van der Waals surface area (Å²) < 4.78 is 1.95. The van der Waals surface area contributed by atoms with Crippen LogP contribution in [-0.2, 0) is 12.8 Å². The fourth-order valence-corrected chi connectivity index (χ4v) is 2.59. The second-order valence-electron chi connectivity index (χ2n) is 5.23. The van der Waals surface area contributed by atoms with Crippen LogP contribution in [0.2, 0.25) is 0 Å². The molecule has 1 fully saturated rings. The van der Waals surface area contributed by atoms with Gasteiger partial charge in [-0.3, -0.25) is 0 Å². The van der Waals surface area contributed by atoms with Crippen molar-refractivity contribution in [3.8, 4) is 0 Å². The minimum atomic E-state index is 0.883. The highest BCUT2D eigenvalue weighted by molar-refractivity contribution is 5.56. The van der Waals surface area contributed by atoms with E-state index >= 15 is 0 Å².